The minimum Gasteiger partial charge on any atom is -0.481 e. The zero-order valence-electron chi connectivity index (χ0n) is 9.03. The van der Waals surface area contributed by atoms with Crippen LogP contribution < -0.4 is 5.32 Å². The highest BCUT2D eigenvalue weighted by Gasteiger charge is 2.29. The minimum absolute atomic E-state index is 0.0570. The van der Waals surface area contributed by atoms with Crippen molar-refractivity contribution in [1.82, 2.24) is 10.2 Å². The van der Waals surface area contributed by atoms with Crippen molar-refractivity contribution in [2.24, 2.45) is 0 Å². The van der Waals surface area contributed by atoms with Gasteiger partial charge in [-0.25, -0.2) is 4.79 Å². The Morgan fingerprint density at radius 1 is 1.53 bits per heavy atom. The quantitative estimate of drug-likeness (QED) is 0.672. The number of nitrogens with zero attached hydrogens (tertiary/aromatic N) is 1. The predicted molar refractivity (Wildman–Crippen MR) is 55.7 cm³/mol. The molecule has 0 radical (unpaired) electrons. The van der Waals surface area contributed by atoms with Crippen molar-refractivity contribution in [3.05, 3.63) is 0 Å². The fourth-order valence-electron chi connectivity index (χ4n) is 1.67. The summed E-state index contributed by atoms with van der Waals surface area (Å²) in [7, 11) is 0. The van der Waals surface area contributed by atoms with Gasteiger partial charge in [-0.15, -0.1) is 0 Å². The maximum atomic E-state index is 11.5. The van der Waals surface area contributed by atoms with Gasteiger partial charge in [0.2, 0.25) is 0 Å². The Bertz CT molecular complexity index is 241. The zero-order chi connectivity index (χ0) is 11.3. The molecule has 0 aromatic rings. The van der Waals surface area contributed by atoms with E-state index in [1.807, 2.05) is 0 Å². The third kappa shape index (κ3) is 3.42. The molecule has 15 heavy (non-hydrogen) atoms. The summed E-state index contributed by atoms with van der Waals surface area (Å²) in [6.45, 7) is 3.33. The summed E-state index contributed by atoms with van der Waals surface area (Å²) in [6, 6.07) is 0.322. The molecule has 0 aromatic carbocycles. The number of rotatable bonds is 5. The SMILES string of the molecule is CCC1CCN1C(=O)NCCCC(=O)O. The van der Waals surface area contributed by atoms with Gasteiger partial charge in [-0.3, -0.25) is 4.79 Å². The van der Waals surface area contributed by atoms with Crippen LogP contribution in [0.15, 0.2) is 0 Å². The van der Waals surface area contributed by atoms with E-state index >= 15 is 0 Å². The van der Waals surface area contributed by atoms with Crippen LogP contribution in [0, 0.1) is 0 Å². The van der Waals surface area contributed by atoms with Gasteiger partial charge in [0.05, 0.1) is 0 Å². The number of carbonyl (C=O) groups excluding carboxylic acids is 1. The molecule has 5 heteroatoms. The van der Waals surface area contributed by atoms with Crippen molar-refractivity contribution in [1.29, 1.82) is 0 Å². The molecule has 86 valence electrons. The van der Waals surface area contributed by atoms with Crippen LogP contribution in [0.1, 0.15) is 32.6 Å². The first-order valence-electron chi connectivity index (χ1n) is 5.41. The first-order chi connectivity index (χ1) is 7.15. The molecule has 5 nitrogen and oxygen atoms in total. The first kappa shape index (κ1) is 11.8. The van der Waals surface area contributed by atoms with Crippen LogP contribution >= 0.6 is 0 Å². The molecule has 1 rings (SSSR count). The van der Waals surface area contributed by atoms with Gasteiger partial charge < -0.3 is 15.3 Å². The van der Waals surface area contributed by atoms with E-state index in [1.54, 1.807) is 4.90 Å². The van der Waals surface area contributed by atoms with Gasteiger partial charge in [-0.05, 0) is 19.3 Å². The number of nitrogens with one attached hydrogen (secondary N) is 1. The molecule has 1 saturated heterocycles. The molecule has 1 atom stereocenters. The lowest BCUT2D eigenvalue weighted by Gasteiger charge is -2.40. The van der Waals surface area contributed by atoms with Crippen molar-refractivity contribution in [3.63, 3.8) is 0 Å². The summed E-state index contributed by atoms with van der Waals surface area (Å²) in [5, 5.41) is 11.1. The summed E-state index contributed by atoms with van der Waals surface area (Å²) in [5.74, 6) is -0.820. The van der Waals surface area contributed by atoms with Gasteiger partial charge in [-0.1, -0.05) is 6.92 Å². The molecular formula is C10H18N2O3. The second-order valence-electron chi connectivity index (χ2n) is 3.77. The third-order valence-electron chi connectivity index (χ3n) is 2.72. The van der Waals surface area contributed by atoms with Crippen LogP contribution in [0.4, 0.5) is 4.79 Å². The molecule has 0 bridgehead atoms. The van der Waals surface area contributed by atoms with Crippen LogP contribution in [-0.4, -0.2) is 41.1 Å². The molecule has 1 aliphatic rings. The maximum Gasteiger partial charge on any atom is 0.317 e. The number of carboxylic acids is 1. The monoisotopic (exact) mass is 214 g/mol. The third-order valence-corrected chi connectivity index (χ3v) is 2.72. The Kier molecular flexibility index (Phi) is 4.39. The molecule has 2 amide bonds. The fraction of sp³-hybridized carbons (Fsp3) is 0.800. The Labute approximate surface area is 89.4 Å². The van der Waals surface area contributed by atoms with E-state index in [0.29, 0.717) is 19.0 Å². The average molecular weight is 214 g/mol. The lowest BCUT2D eigenvalue weighted by molar-refractivity contribution is -0.137. The second kappa shape index (κ2) is 5.58. The highest BCUT2D eigenvalue weighted by atomic mass is 16.4. The smallest absolute Gasteiger partial charge is 0.317 e. The van der Waals surface area contributed by atoms with E-state index in [1.165, 1.54) is 0 Å². The summed E-state index contributed by atoms with van der Waals surface area (Å²) in [4.78, 5) is 23.5. The van der Waals surface area contributed by atoms with Crippen molar-refractivity contribution in [2.75, 3.05) is 13.1 Å². The Balaban J connectivity index is 2.11. The van der Waals surface area contributed by atoms with Gasteiger partial charge in [0.15, 0.2) is 0 Å². The number of likely N-dealkylation sites (tertiary alicyclic amines) is 1. The van der Waals surface area contributed by atoms with E-state index in [2.05, 4.69) is 12.2 Å². The van der Waals surface area contributed by atoms with Gasteiger partial charge in [0.1, 0.15) is 0 Å². The number of hydrogen-bond donors (Lipinski definition) is 2. The number of hydrogen-bond acceptors (Lipinski definition) is 2. The topological polar surface area (TPSA) is 69.6 Å². The van der Waals surface area contributed by atoms with Crippen molar-refractivity contribution in [2.45, 2.75) is 38.6 Å². The van der Waals surface area contributed by atoms with E-state index in [9.17, 15) is 9.59 Å². The van der Waals surface area contributed by atoms with Crippen molar-refractivity contribution >= 4 is 12.0 Å². The molecule has 0 spiro atoms. The number of aliphatic carboxylic acids is 1. The van der Waals surface area contributed by atoms with E-state index in [4.69, 9.17) is 5.11 Å². The molecule has 0 saturated carbocycles. The number of amides is 2. The van der Waals surface area contributed by atoms with Gasteiger partial charge >= 0.3 is 12.0 Å². The van der Waals surface area contributed by atoms with Crippen molar-refractivity contribution < 1.29 is 14.7 Å². The van der Waals surface area contributed by atoms with Crippen LogP contribution in [0.5, 0.6) is 0 Å². The van der Waals surface area contributed by atoms with Crippen LogP contribution in [0.2, 0.25) is 0 Å². The van der Waals surface area contributed by atoms with Gasteiger partial charge in [0.25, 0.3) is 0 Å². The minimum atomic E-state index is -0.820. The normalized spacial score (nSPS) is 19.5. The Hall–Kier alpha value is -1.26. The molecule has 1 fully saturated rings. The maximum absolute atomic E-state index is 11.5. The largest absolute Gasteiger partial charge is 0.481 e. The highest BCUT2D eigenvalue weighted by molar-refractivity contribution is 5.75. The predicted octanol–water partition coefficient (Wildman–Crippen LogP) is 1.05. The highest BCUT2D eigenvalue weighted by Crippen LogP contribution is 2.19. The van der Waals surface area contributed by atoms with E-state index in [0.717, 1.165) is 19.4 Å². The number of carboxylic acid groups (broad SMARTS) is 1. The van der Waals surface area contributed by atoms with Gasteiger partial charge in [-0.2, -0.15) is 0 Å². The van der Waals surface area contributed by atoms with Crippen LogP contribution in [0.25, 0.3) is 0 Å². The first-order valence-corrected chi connectivity index (χ1v) is 5.41. The number of carbonyl (C=O) groups is 2. The standard InChI is InChI=1S/C10H18N2O3/c1-2-8-5-7-12(8)10(15)11-6-3-4-9(13)14/h8H,2-7H2,1H3,(H,11,15)(H,13,14). The average Bonchev–Trinajstić information content (AvgIpc) is 2.11. The van der Waals surface area contributed by atoms with Crippen LogP contribution in [0.3, 0.4) is 0 Å². The second-order valence-corrected chi connectivity index (χ2v) is 3.77. The molecule has 0 aliphatic carbocycles. The zero-order valence-corrected chi connectivity index (χ0v) is 9.03. The summed E-state index contributed by atoms with van der Waals surface area (Å²) in [6.07, 6.45) is 2.67. The van der Waals surface area contributed by atoms with Gasteiger partial charge in [0, 0.05) is 25.6 Å². The number of urea groups is 1. The lowest BCUT2D eigenvalue weighted by Crippen LogP contribution is -2.54. The summed E-state index contributed by atoms with van der Waals surface area (Å²) < 4.78 is 0. The Morgan fingerprint density at radius 3 is 2.73 bits per heavy atom. The summed E-state index contributed by atoms with van der Waals surface area (Å²) >= 11 is 0. The molecular weight excluding hydrogens is 196 g/mol. The molecule has 2 N–H and O–H groups in total. The molecule has 1 heterocycles. The lowest BCUT2D eigenvalue weighted by atomic mass is 10.0. The van der Waals surface area contributed by atoms with Crippen LogP contribution in [-0.2, 0) is 4.79 Å². The van der Waals surface area contributed by atoms with Crippen molar-refractivity contribution in [3.8, 4) is 0 Å². The van der Waals surface area contributed by atoms with E-state index < -0.39 is 5.97 Å². The molecule has 1 aliphatic heterocycles. The fourth-order valence-corrected chi connectivity index (χ4v) is 1.67. The molecule has 1 unspecified atom stereocenters. The Morgan fingerprint density at radius 2 is 2.27 bits per heavy atom. The summed E-state index contributed by atoms with van der Waals surface area (Å²) in [5.41, 5.74) is 0. The van der Waals surface area contributed by atoms with E-state index in [-0.39, 0.29) is 12.5 Å². The molecule has 0 aromatic heterocycles.